The Kier molecular flexibility index (Phi) is 3.77. The normalized spacial score (nSPS) is 21.4. The van der Waals surface area contributed by atoms with Crippen LogP contribution in [0.2, 0.25) is 0 Å². The monoisotopic (exact) mass is 289 g/mol. The number of anilines is 1. The van der Waals surface area contributed by atoms with Gasteiger partial charge in [0, 0.05) is 6.61 Å². The van der Waals surface area contributed by atoms with Gasteiger partial charge < -0.3 is 15.0 Å². The van der Waals surface area contributed by atoms with Crippen LogP contribution in [0.4, 0.5) is 5.82 Å². The lowest BCUT2D eigenvalue weighted by molar-refractivity contribution is 0.0970. The molecule has 0 spiro atoms. The average Bonchev–Trinajstić information content (AvgIpc) is 2.97. The average molecular weight is 289 g/mol. The number of pyridine rings is 1. The van der Waals surface area contributed by atoms with Crippen molar-refractivity contribution < 1.29 is 4.74 Å². The van der Waals surface area contributed by atoms with E-state index in [-0.39, 0.29) is 6.10 Å². The van der Waals surface area contributed by atoms with E-state index in [1.54, 1.807) is 0 Å². The van der Waals surface area contributed by atoms with E-state index < -0.39 is 0 Å². The highest BCUT2D eigenvalue weighted by molar-refractivity contribution is 7.71. The number of hydrogen-bond acceptors (Lipinski definition) is 4. The number of nitriles is 1. The Labute approximate surface area is 124 Å². The van der Waals surface area contributed by atoms with Gasteiger partial charge in [-0.25, -0.2) is 0 Å². The first-order valence-corrected chi connectivity index (χ1v) is 7.69. The summed E-state index contributed by atoms with van der Waals surface area (Å²) >= 11 is 5.63. The lowest BCUT2D eigenvalue weighted by Gasteiger charge is -2.24. The standard InChI is InChI=1S/C15H19N3OS/c16-8-13-11-5-1-2-6-12(11)15(20)18(14(13)17)9-10-4-3-7-19-10/h10H,1-7,9,17H2. The van der Waals surface area contributed by atoms with Crippen molar-refractivity contribution in [3.05, 3.63) is 21.3 Å². The summed E-state index contributed by atoms with van der Waals surface area (Å²) < 4.78 is 8.42. The molecule has 1 aromatic rings. The zero-order valence-corrected chi connectivity index (χ0v) is 12.3. The van der Waals surface area contributed by atoms with E-state index in [1.165, 1.54) is 0 Å². The highest BCUT2D eigenvalue weighted by Crippen LogP contribution is 2.30. The van der Waals surface area contributed by atoms with Crippen LogP contribution in [-0.2, 0) is 24.1 Å². The molecular formula is C15H19N3OS. The maximum atomic E-state index is 9.44. The van der Waals surface area contributed by atoms with E-state index in [0.717, 1.165) is 60.9 Å². The lowest BCUT2D eigenvalue weighted by Crippen LogP contribution is -2.22. The molecule has 2 N–H and O–H groups in total. The van der Waals surface area contributed by atoms with Crippen molar-refractivity contribution in [2.24, 2.45) is 0 Å². The van der Waals surface area contributed by atoms with E-state index in [0.29, 0.717) is 17.9 Å². The predicted octanol–water partition coefficient (Wildman–Crippen LogP) is 2.73. The number of hydrogen-bond donors (Lipinski definition) is 1. The van der Waals surface area contributed by atoms with Crippen molar-refractivity contribution in [2.75, 3.05) is 12.3 Å². The molecule has 5 heteroatoms. The van der Waals surface area contributed by atoms with Crippen molar-refractivity contribution in [3.8, 4) is 6.07 Å². The molecule has 4 nitrogen and oxygen atoms in total. The van der Waals surface area contributed by atoms with Gasteiger partial charge in [-0.3, -0.25) is 0 Å². The fourth-order valence-electron chi connectivity index (χ4n) is 3.28. The van der Waals surface area contributed by atoms with Crippen molar-refractivity contribution in [1.29, 1.82) is 5.26 Å². The second-order valence-electron chi connectivity index (χ2n) is 5.59. The molecule has 0 amide bonds. The van der Waals surface area contributed by atoms with E-state index >= 15 is 0 Å². The van der Waals surface area contributed by atoms with Gasteiger partial charge in [-0.15, -0.1) is 0 Å². The Morgan fingerprint density at radius 1 is 1.30 bits per heavy atom. The highest BCUT2D eigenvalue weighted by atomic mass is 32.1. The van der Waals surface area contributed by atoms with Crippen LogP contribution in [0.15, 0.2) is 0 Å². The number of nitrogen functional groups attached to an aromatic ring is 1. The Morgan fingerprint density at radius 3 is 2.70 bits per heavy atom. The molecule has 1 aliphatic heterocycles. The summed E-state index contributed by atoms with van der Waals surface area (Å²) in [6.07, 6.45) is 6.46. The molecule has 0 radical (unpaired) electrons. The third-order valence-electron chi connectivity index (χ3n) is 4.34. The van der Waals surface area contributed by atoms with E-state index in [4.69, 9.17) is 22.7 Å². The largest absolute Gasteiger partial charge is 0.384 e. The summed E-state index contributed by atoms with van der Waals surface area (Å²) in [4.78, 5) is 0. The summed E-state index contributed by atoms with van der Waals surface area (Å²) in [6.45, 7) is 1.49. The number of nitrogens with zero attached hydrogens (tertiary/aromatic N) is 2. The lowest BCUT2D eigenvalue weighted by atomic mass is 9.89. The van der Waals surface area contributed by atoms with Gasteiger partial charge >= 0.3 is 0 Å². The van der Waals surface area contributed by atoms with Crippen molar-refractivity contribution in [2.45, 2.75) is 51.2 Å². The minimum Gasteiger partial charge on any atom is -0.384 e. The molecule has 1 aliphatic carbocycles. The summed E-state index contributed by atoms with van der Waals surface area (Å²) in [5.74, 6) is 0.522. The molecule has 1 saturated heterocycles. The first-order chi connectivity index (χ1) is 9.72. The molecule has 2 aliphatic rings. The fourth-order valence-corrected chi connectivity index (χ4v) is 3.68. The van der Waals surface area contributed by atoms with Crippen molar-refractivity contribution >= 4 is 18.0 Å². The summed E-state index contributed by atoms with van der Waals surface area (Å²) in [5, 5.41) is 9.44. The van der Waals surface area contributed by atoms with Gasteiger partial charge in [-0.1, -0.05) is 12.2 Å². The highest BCUT2D eigenvalue weighted by Gasteiger charge is 2.23. The van der Waals surface area contributed by atoms with Crippen molar-refractivity contribution in [3.63, 3.8) is 0 Å². The van der Waals surface area contributed by atoms with Crippen molar-refractivity contribution in [1.82, 2.24) is 4.57 Å². The number of rotatable bonds is 2. The third kappa shape index (κ3) is 2.23. The van der Waals surface area contributed by atoms with Crippen LogP contribution < -0.4 is 5.73 Å². The smallest absolute Gasteiger partial charge is 0.122 e. The Balaban J connectivity index is 2.09. The molecule has 1 aromatic heterocycles. The van der Waals surface area contributed by atoms with Crippen LogP contribution in [0.25, 0.3) is 0 Å². The Morgan fingerprint density at radius 2 is 2.05 bits per heavy atom. The fraction of sp³-hybridized carbons (Fsp3) is 0.600. The molecule has 1 fully saturated rings. The third-order valence-corrected chi connectivity index (χ3v) is 4.81. The topological polar surface area (TPSA) is 64.0 Å². The van der Waals surface area contributed by atoms with Gasteiger partial charge in [0.15, 0.2) is 0 Å². The summed E-state index contributed by atoms with van der Waals surface area (Å²) in [5.41, 5.74) is 9.10. The minimum atomic E-state index is 0.178. The summed E-state index contributed by atoms with van der Waals surface area (Å²) in [7, 11) is 0. The molecule has 106 valence electrons. The van der Waals surface area contributed by atoms with Gasteiger partial charge in [-0.2, -0.15) is 5.26 Å². The maximum Gasteiger partial charge on any atom is 0.122 e. The van der Waals surface area contributed by atoms with Crippen LogP contribution in [0, 0.1) is 16.0 Å². The predicted molar refractivity (Wildman–Crippen MR) is 80.0 cm³/mol. The SMILES string of the molecule is N#Cc1c2c(c(=S)n(CC3CCCO3)c1N)CCCC2. The number of aromatic nitrogens is 1. The van der Waals surface area contributed by atoms with Crippen LogP contribution in [0.5, 0.6) is 0 Å². The number of ether oxygens (including phenoxy) is 1. The quantitative estimate of drug-likeness (QED) is 0.850. The Hall–Kier alpha value is -1.38. The molecule has 1 atom stereocenters. The van der Waals surface area contributed by atoms with Gasteiger partial charge in [0.25, 0.3) is 0 Å². The minimum absolute atomic E-state index is 0.178. The first-order valence-electron chi connectivity index (χ1n) is 7.28. The van der Waals surface area contributed by atoms with E-state index in [1.807, 2.05) is 4.57 Å². The molecule has 3 rings (SSSR count). The van der Waals surface area contributed by atoms with Gasteiger partial charge in [0.05, 0.1) is 18.2 Å². The van der Waals surface area contributed by atoms with E-state index in [9.17, 15) is 5.26 Å². The van der Waals surface area contributed by atoms with Gasteiger partial charge in [-0.05, 0) is 49.7 Å². The molecule has 0 aromatic carbocycles. The summed E-state index contributed by atoms with van der Waals surface area (Å²) in [6, 6.07) is 2.28. The second kappa shape index (κ2) is 5.55. The van der Waals surface area contributed by atoms with Crippen LogP contribution in [-0.4, -0.2) is 17.3 Å². The maximum absolute atomic E-state index is 9.44. The molecular weight excluding hydrogens is 270 g/mol. The first kappa shape index (κ1) is 13.6. The number of nitrogens with two attached hydrogens (primary N) is 1. The van der Waals surface area contributed by atoms with Gasteiger partial charge in [0.2, 0.25) is 0 Å². The molecule has 20 heavy (non-hydrogen) atoms. The molecule has 1 unspecified atom stereocenters. The molecule has 0 bridgehead atoms. The van der Waals surface area contributed by atoms with Gasteiger partial charge in [0.1, 0.15) is 16.5 Å². The zero-order valence-electron chi connectivity index (χ0n) is 11.5. The van der Waals surface area contributed by atoms with Crippen LogP contribution in [0.3, 0.4) is 0 Å². The zero-order chi connectivity index (χ0) is 14.1. The second-order valence-corrected chi connectivity index (χ2v) is 5.97. The van der Waals surface area contributed by atoms with E-state index in [2.05, 4.69) is 6.07 Å². The Bertz CT molecular complexity index is 623. The molecule has 2 heterocycles. The number of fused-ring (bicyclic) bond motifs is 1. The van der Waals surface area contributed by atoms with Crippen LogP contribution in [0.1, 0.15) is 42.4 Å². The van der Waals surface area contributed by atoms with Crippen LogP contribution >= 0.6 is 12.2 Å². The molecule has 0 saturated carbocycles.